The molecule has 1 saturated carbocycles. The van der Waals surface area contributed by atoms with Gasteiger partial charge in [-0.2, -0.15) is 0 Å². The van der Waals surface area contributed by atoms with Gasteiger partial charge < -0.3 is 9.80 Å². The number of rotatable bonds is 4. The first kappa shape index (κ1) is 16.3. The Hall–Kier alpha value is -1.17. The van der Waals surface area contributed by atoms with Crippen molar-refractivity contribution in [1.29, 1.82) is 0 Å². The molecule has 2 aliphatic heterocycles. The molecule has 1 aliphatic carbocycles. The third-order valence-corrected chi connectivity index (χ3v) is 7.36. The summed E-state index contributed by atoms with van der Waals surface area (Å²) in [6.45, 7) is 8.04. The number of amides is 1. The van der Waals surface area contributed by atoms with Crippen molar-refractivity contribution in [2.24, 2.45) is 11.3 Å². The second-order valence-corrected chi connectivity index (χ2v) is 9.17. The van der Waals surface area contributed by atoms with E-state index in [0.717, 1.165) is 61.5 Å². The summed E-state index contributed by atoms with van der Waals surface area (Å²) in [6, 6.07) is 0. The molecule has 24 heavy (non-hydrogen) atoms. The number of anilines is 1. The molecule has 0 radical (unpaired) electrons. The Bertz CT molecular complexity index is 612. The van der Waals surface area contributed by atoms with Crippen LogP contribution in [0.3, 0.4) is 0 Å². The molecule has 4 rings (SSSR count). The van der Waals surface area contributed by atoms with Crippen LogP contribution in [0.2, 0.25) is 0 Å². The summed E-state index contributed by atoms with van der Waals surface area (Å²) in [7, 11) is 0. The van der Waals surface area contributed by atoms with Gasteiger partial charge in [0, 0.05) is 32.1 Å². The Morgan fingerprint density at radius 3 is 2.71 bits per heavy atom. The van der Waals surface area contributed by atoms with Gasteiger partial charge in [-0.3, -0.25) is 4.79 Å². The molecule has 3 heterocycles. The molecule has 3 aliphatic rings. The van der Waals surface area contributed by atoms with Crippen LogP contribution in [0.25, 0.3) is 0 Å². The first-order chi connectivity index (χ1) is 11.6. The van der Waals surface area contributed by atoms with E-state index >= 15 is 0 Å². The van der Waals surface area contributed by atoms with Crippen LogP contribution in [-0.2, 0) is 4.79 Å². The number of aromatic nitrogens is 2. The molecule has 2 saturated heterocycles. The summed E-state index contributed by atoms with van der Waals surface area (Å²) in [6.07, 6.45) is 7.14. The first-order valence-corrected chi connectivity index (χ1v) is 10.3. The van der Waals surface area contributed by atoms with Crippen molar-refractivity contribution in [3.05, 3.63) is 5.01 Å². The van der Waals surface area contributed by atoms with Gasteiger partial charge in [0.05, 0.1) is 5.41 Å². The lowest BCUT2D eigenvalue weighted by Gasteiger charge is -2.42. The number of likely N-dealkylation sites (tertiary alicyclic amines) is 1. The normalized spacial score (nSPS) is 28.2. The number of carbonyl (C=O) groups is 1. The average Bonchev–Trinajstić information content (AvgIpc) is 3.15. The van der Waals surface area contributed by atoms with E-state index in [9.17, 15) is 4.79 Å². The second kappa shape index (κ2) is 6.28. The van der Waals surface area contributed by atoms with E-state index in [1.807, 2.05) is 0 Å². The van der Waals surface area contributed by atoms with Crippen LogP contribution in [0.4, 0.5) is 5.13 Å². The van der Waals surface area contributed by atoms with Crippen LogP contribution in [0, 0.1) is 11.3 Å². The van der Waals surface area contributed by atoms with Gasteiger partial charge in [0.1, 0.15) is 5.01 Å². The molecular formula is C18H28N4OS. The minimum atomic E-state index is -0.161. The van der Waals surface area contributed by atoms with Gasteiger partial charge in [-0.1, -0.05) is 31.6 Å². The molecule has 0 bridgehead atoms. The van der Waals surface area contributed by atoms with E-state index in [1.54, 1.807) is 11.3 Å². The smallest absolute Gasteiger partial charge is 0.230 e. The van der Waals surface area contributed by atoms with Crippen LogP contribution < -0.4 is 4.90 Å². The summed E-state index contributed by atoms with van der Waals surface area (Å²) in [5, 5.41) is 10.8. The zero-order chi connectivity index (χ0) is 16.7. The number of hydrogen-bond donors (Lipinski definition) is 0. The zero-order valence-electron chi connectivity index (χ0n) is 14.8. The summed E-state index contributed by atoms with van der Waals surface area (Å²) in [4.78, 5) is 17.7. The summed E-state index contributed by atoms with van der Waals surface area (Å²) in [5.41, 5.74) is -0.161. The highest BCUT2D eigenvalue weighted by Gasteiger charge is 2.49. The van der Waals surface area contributed by atoms with Crippen molar-refractivity contribution >= 4 is 22.4 Å². The minimum Gasteiger partial charge on any atom is -0.346 e. The van der Waals surface area contributed by atoms with Gasteiger partial charge in [0.25, 0.3) is 0 Å². The molecule has 1 aromatic heterocycles. The van der Waals surface area contributed by atoms with E-state index in [4.69, 9.17) is 0 Å². The van der Waals surface area contributed by atoms with E-state index in [-0.39, 0.29) is 5.41 Å². The average molecular weight is 349 g/mol. The predicted molar refractivity (Wildman–Crippen MR) is 96.4 cm³/mol. The quantitative estimate of drug-likeness (QED) is 0.838. The Balaban J connectivity index is 1.45. The third-order valence-electron chi connectivity index (χ3n) is 6.08. The first-order valence-electron chi connectivity index (χ1n) is 9.45. The van der Waals surface area contributed by atoms with Crippen molar-refractivity contribution in [2.45, 2.75) is 58.3 Å². The fourth-order valence-electron chi connectivity index (χ4n) is 4.32. The van der Waals surface area contributed by atoms with Crippen LogP contribution in [0.5, 0.6) is 0 Å². The molecule has 6 heteroatoms. The maximum Gasteiger partial charge on any atom is 0.230 e. The molecule has 1 spiro atoms. The van der Waals surface area contributed by atoms with Gasteiger partial charge in [-0.15, -0.1) is 10.2 Å². The summed E-state index contributed by atoms with van der Waals surface area (Å²) in [5.74, 6) is 1.59. The lowest BCUT2D eigenvalue weighted by atomic mass is 9.77. The van der Waals surface area contributed by atoms with Gasteiger partial charge >= 0.3 is 0 Å². The number of nitrogens with zero attached hydrogens (tertiary/aromatic N) is 4. The second-order valence-electron chi connectivity index (χ2n) is 8.18. The fourth-order valence-corrected chi connectivity index (χ4v) is 5.19. The van der Waals surface area contributed by atoms with Crippen molar-refractivity contribution < 1.29 is 4.79 Å². The van der Waals surface area contributed by atoms with Crippen molar-refractivity contribution in [3.8, 4) is 0 Å². The Kier molecular flexibility index (Phi) is 4.27. The molecule has 1 atom stereocenters. The SMILES string of the molecule is CC(C)c1nnc(N2CC[C@@]3(CCCN(CC4CCC4)C3=O)C2)s1. The number of piperidine rings is 1. The molecule has 132 valence electrons. The van der Waals surface area contributed by atoms with E-state index in [0.29, 0.717) is 11.8 Å². The molecular weight excluding hydrogens is 320 g/mol. The molecule has 0 N–H and O–H groups in total. The highest BCUT2D eigenvalue weighted by Crippen LogP contribution is 2.43. The van der Waals surface area contributed by atoms with Gasteiger partial charge in [0.15, 0.2) is 0 Å². The standard InChI is InChI=1S/C18H28N4OS/c1-13(2)15-19-20-17(24-15)22-10-8-18(12-22)7-4-9-21(16(18)23)11-14-5-3-6-14/h13-14H,3-12H2,1-2H3/t18-/m0/s1. The predicted octanol–water partition coefficient (Wildman–Crippen LogP) is 3.28. The van der Waals surface area contributed by atoms with Crippen LogP contribution in [-0.4, -0.2) is 47.2 Å². The van der Waals surface area contributed by atoms with Crippen LogP contribution >= 0.6 is 11.3 Å². The van der Waals surface area contributed by atoms with Crippen molar-refractivity contribution in [2.75, 3.05) is 31.1 Å². The topological polar surface area (TPSA) is 49.3 Å². The molecule has 1 amide bonds. The Labute approximate surface area is 148 Å². The monoisotopic (exact) mass is 348 g/mol. The van der Waals surface area contributed by atoms with E-state index in [2.05, 4.69) is 33.8 Å². The van der Waals surface area contributed by atoms with Crippen molar-refractivity contribution in [1.82, 2.24) is 15.1 Å². The fraction of sp³-hybridized carbons (Fsp3) is 0.833. The third kappa shape index (κ3) is 2.83. The molecule has 0 aromatic carbocycles. The zero-order valence-corrected chi connectivity index (χ0v) is 15.6. The number of hydrogen-bond acceptors (Lipinski definition) is 5. The number of carbonyl (C=O) groups excluding carboxylic acids is 1. The van der Waals surface area contributed by atoms with Gasteiger partial charge in [0.2, 0.25) is 11.0 Å². The summed E-state index contributed by atoms with van der Waals surface area (Å²) < 4.78 is 0. The Morgan fingerprint density at radius 2 is 2.04 bits per heavy atom. The van der Waals surface area contributed by atoms with Gasteiger partial charge in [-0.25, -0.2) is 0 Å². The maximum atomic E-state index is 13.2. The molecule has 5 nitrogen and oxygen atoms in total. The van der Waals surface area contributed by atoms with E-state index in [1.165, 1.54) is 19.3 Å². The van der Waals surface area contributed by atoms with Gasteiger partial charge in [-0.05, 0) is 38.0 Å². The summed E-state index contributed by atoms with van der Waals surface area (Å²) >= 11 is 1.69. The lowest BCUT2D eigenvalue weighted by Crippen LogP contribution is -2.51. The highest BCUT2D eigenvalue weighted by molar-refractivity contribution is 7.15. The maximum absolute atomic E-state index is 13.2. The van der Waals surface area contributed by atoms with Crippen LogP contribution in [0.1, 0.15) is 63.3 Å². The molecule has 1 aromatic rings. The molecule has 3 fully saturated rings. The Morgan fingerprint density at radius 1 is 1.21 bits per heavy atom. The van der Waals surface area contributed by atoms with Crippen molar-refractivity contribution in [3.63, 3.8) is 0 Å². The molecule has 0 unspecified atom stereocenters. The highest BCUT2D eigenvalue weighted by atomic mass is 32.1. The minimum absolute atomic E-state index is 0.161. The lowest BCUT2D eigenvalue weighted by molar-refractivity contribution is -0.146. The van der Waals surface area contributed by atoms with Crippen LogP contribution in [0.15, 0.2) is 0 Å². The van der Waals surface area contributed by atoms with E-state index < -0.39 is 0 Å². The largest absolute Gasteiger partial charge is 0.346 e.